The van der Waals surface area contributed by atoms with Gasteiger partial charge in [-0.1, -0.05) is 11.6 Å². The van der Waals surface area contributed by atoms with E-state index in [2.05, 4.69) is 20.5 Å². The summed E-state index contributed by atoms with van der Waals surface area (Å²) in [6.07, 6.45) is 1.40. The second kappa shape index (κ2) is 4.58. The fourth-order valence-electron chi connectivity index (χ4n) is 1.41. The van der Waals surface area contributed by atoms with Gasteiger partial charge in [0.25, 0.3) is 0 Å². The number of hydrogen-bond donors (Lipinski definition) is 3. The van der Waals surface area contributed by atoms with Gasteiger partial charge in [-0.05, 0) is 13.0 Å². The van der Waals surface area contributed by atoms with Crippen molar-refractivity contribution >= 4 is 23.0 Å². The summed E-state index contributed by atoms with van der Waals surface area (Å²) in [6, 6.07) is 2.46. The summed E-state index contributed by atoms with van der Waals surface area (Å²) in [5.41, 5.74) is 6.58. The average molecular weight is 256 g/mol. The third-order valence-electron chi connectivity index (χ3n) is 2.31. The number of hydrogen-bond acceptors (Lipinski definition) is 4. The molecule has 0 aliphatic rings. The van der Waals surface area contributed by atoms with Crippen LogP contribution >= 0.6 is 11.6 Å². The fourth-order valence-corrected chi connectivity index (χ4v) is 1.58. The molecule has 0 radical (unpaired) electrons. The van der Waals surface area contributed by atoms with Crippen molar-refractivity contribution in [2.45, 2.75) is 13.0 Å². The van der Waals surface area contributed by atoms with E-state index in [1.807, 2.05) is 6.92 Å². The highest BCUT2D eigenvalue weighted by molar-refractivity contribution is 6.31. The zero-order chi connectivity index (χ0) is 12.4. The number of H-pyrrole nitrogens is 1. The van der Waals surface area contributed by atoms with Crippen LogP contribution in [0.5, 0.6) is 0 Å². The minimum Gasteiger partial charge on any atom is -0.397 e. The Bertz CT molecular complexity index is 514. The fraction of sp³-hybridized carbons (Fsp3) is 0.200. The van der Waals surface area contributed by atoms with Gasteiger partial charge in [-0.3, -0.25) is 5.10 Å². The van der Waals surface area contributed by atoms with Gasteiger partial charge in [0, 0.05) is 6.07 Å². The average Bonchev–Trinajstić information content (AvgIpc) is 2.79. The smallest absolute Gasteiger partial charge is 0.146 e. The van der Waals surface area contributed by atoms with Gasteiger partial charge in [0.2, 0.25) is 0 Å². The molecule has 0 bridgehead atoms. The highest BCUT2D eigenvalue weighted by Crippen LogP contribution is 2.28. The summed E-state index contributed by atoms with van der Waals surface area (Å²) in [6.45, 7) is 1.85. The van der Waals surface area contributed by atoms with E-state index in [-0.39, 0.29) is 11.1 Å². The number of halogens is 2. The number of anilines is 2. The summed E-state index contributed by atoms with van der Waals surface area (Å²) in [5.74, 6) is 0.118. The Balaban J connectivity index is 2.22. The van der Waals surface area contributed by atoms with Gasteiger partial charge in [-0.25, -0.2) is 9.37 Å². The van der Waals surface area contributed by atoms with Crippen LogP contribution in [-0.4, -0.2) is 15.2 Å². The molecule has 4 N–H and O–H groups in total. The highest BCUT2D eigenvalue weighted by Gasteiger charge is 2.12. The minimum absolute atomic E-state index is 0.000341. The van der Waals surface area contributed by atoms with Crippen LogP contribution in [0, 0.1) is 5.82 Å². The van der Waals surface area contributed by atoms with E-state index >= 15 is 0 Å². The lowest BCUT2D eigenvalue weighted by molar-refractivity contribution is 0.628. The molecule has 0 fully saturated rings. The van der Waals surface area contributed by atoms with Gasteiger partial charge in [-0.2, -0.15) is 5.10 Å². The molecule has 1 atom stereocenters. The second-order valence-corrected chi connectivity index (χ2v) is 4.00. The molecule has 17 heavy (non-hydrogen) atoms. The van der Waals surface area contributed by atoms with Crippen molar-refractivity contribution in [1.29, 1.82) is 0 Å². The molecule has 0 saturated heterocycles. The van der Waals surface area contributed by atoms with Gasteiger partial charge < -0.3 is 11.1 Å². The molecule has 90 valence electrons. The van der Waals surface area contributed by atoms with E-state index in [0.717, 1.165) is 0 Å². The second-order valence-electron chi connectivity index (χ2n) is 3.59. The third-order valence-corrected chi connectivity index (χ3v) is 2.60. The van der Waals surface area contributed by atoms with E-state index in [4.69, 9.17) is 17.3 Å². The number of nitrogens with zero attached hydrogens (tertiary/aromatic N) is 2. The molecular weight excluding hydrogens is 245 g/mol. The molecule has 0 spiro atoms. The standard InChI is InChI=1S/C10H11ClFN5/c1-5(10-14-4-15-17-10)16-9-3-7(12)6(11)2-8(9)13/h2-5,16H,13H2,1H3,(H,14,15,17). The zero-order valence-corrected chi connectivity index (χ0v) is 9.79. The van der Waals surface area contributed by atoms with Crippen molar-refractivity contribution in [3.63, 3.8) is 0 Å². The Hall–Kier alpha value is -1.82. The molecule has 1 aromatic carbocycles. The first kappa shape index (κ1) is 11.7. The number of aromatic nitrogens is 3. The van der Waals surface area contributed by atoms with Crippen LogP contribution < -0.4 is 11.1 Å². The number of nitrogens with one attached hydrogen (secondary N) is 2. The van der Waals surface area contributed by atoms with Crippen molar-refractivity contribution in [3.05, 3.63) is 35.1 Å². The SMILES string of the molecule is CC(Nc1cc(F)c(Cl)cc1N)c1ncn[nH]1. The van der Waals surface area contributed by atoms with Crippen LogP contribution in [0.4, 0.5) is 15.8 Å². The Kier molecular flexibility index (Phi) is 3.14. The summed E-state index contributed by atoms with van der Waals surface area (Å²) >= 11 is 5.61. The van der Waals surface area contributed by atoms with Gasteiger partial charge in [-0.15, -0.1) is 0 Å². The molecule has 0 saturated carbocycles. The van der Waals surface area contributed by atoms with E-state index in [9.17, 15) is 4.39 Å². The molecule has 1 heterocycles. The Morgan fingerprint density at radius 2 is 2.29 bits per heavy atom. The number of aromatic amines is 1. The molecule has 0 aliphatic heterocycles. The predicted molar refractivity (Wildman–Crippen MR) is 64.2 cm³/mol. The van der Waals surface area contributed by atoms with E-state index in [0.29, 0.717) is 17.2 Å². The molecule has 2 aromatic rings. The minimum atomic E-state index is -0.520. The van der Waals surface area contributed by atoms with Crippen molar-refractivity contribution in [2.75, 3.05) is 11.1 Å². The summed E-state index contributed by atoms with van der Waals surface area (Å²) in [4.78, 5) is 3.99. The number of nitrogen functional groups attached to an aromatic ring is 1. The van der Waals surface area contributed by atoms with Gasteiger partial charge in [0.1, 0.15) is 18.0 Å². The van der Waals surface area contributed by atoms with Gasteiger partial charge in [0.15, 0.2) is 0 Å². The van der Waals surface area contributed by atoms with Crippen LogP contribution in [0.3, 0.4) is 0 Å². The maximum Gasteiger partial charge on any atom is 0.146 e. The van der Waals surface area contributed by atoms with Crippen molar-refractivity contribution in [2.24, 2.45) is 0 Å². The first-order valence-electron chi connectivity index (χ1n) is 4.94. The summed E-state index contributed by atoms with van der Waals surface area (Å²) in [7, 11) is 0. The van der Waals surface area contributed by atoms with Crippen LogP contribution in [-0.2, 0) is 0 Å². The van der Waals surface area contributed by atoms with E-state index < -0.39 is 5.82 Å². The highest BCUT2D eigenvalue weighted by atomic mass is 35.5. The number of benzene rings is 1. The Morgan fingerprint density at radius 3 is 2.94 bits per heavy atom. The normalized spacial score (nSPS) is 12.4. The molecule has 7 heteroatoms. The van der Waals surface area contributed by atoms with Crippen LogP contribution in [0.2, 0.25) is 5.02 Å². The molecule has 5 nitrogen and oxygen atoms in total. The molecular formula is C10H11ClFN5. The van der Waals surface area contributed by atoms with Gasteiger partial charge >= 0.3 is 0 Å². The van der Waals surface area contributed by atoms with E-state index in [1.165, 1.54) is 18.5 Å². The molecule has 2 rings (SSSR count). The van der Waals surface area contributed by atoms with Crippen LogP contribution in [0.25, 0.3) is 0 Å². The van der Waals surface area contributed by atoms with E-state index in [1.54, 1.807) is 0 Å². The molecule has 1 unspecified atom stereocenters. The third kappa shape index (κ3) is 2.47. The van der Waals surface area contributed by atoms with Crippen molar-refractivity contribution in [1.82, 2.24) is 15.2 Å². The molecule has 0 amide bonds. The van der Waals surface area contributed by atoms with Crippen molar-refractivity contribution < 1.29 is 4.39 Å². The Labute approximate surface area is 102 Å². The van der Waals surface area contributed by atoms with Crippen molar-refractivity contribution in [3.8, 4) is 0 Å². The lowest BCUT2D eigenvalue weighted by atomic mass is 10.2. The predicted octanol–water partition coefficient (Wildman–Crippen LogP) is 2.35. The van der Waals surface area contributed by atoms with Crippen LogP contribution in [0.1, 0.15) is 18.8 Å². The maximum absolute atomic E-state index is 13.3. The largest absolute Gasteiger partial charge is 0.397 e. The lowest BCUT2D eigenvalue weighted by Gasteiger charge is -2.14. The lowest BCUT2D eigenvalue weighted by Crippen LogP contribution is -2.10. The molecule has 0 aliphatic carbocycles. The maximum atomic E-state index is 13.3. The Morgan fingerprint density at radius 1 is 1.53 bits per heavy atom. The first-order valence-corrected chi connectivity index (χ1v) is 5.32. The van der Waals surface area contributed by atoms with Crippen LogP contribution in [0.15, 0.2) is 18.5 Å². The molecule has 1 aromatic heterocycles. The zero-order valence-electron chi connectivity index (χ0n) is 9.04. The first-order chi connectivity index (χ1) is 8.08. The quantitative estimate of drug-likeness (QED) is 0.736. The summed E-state index contributed by atoms with van der Waals surface area (Å²) < 4.78 is 13.3. The topological polar surface area (TPSA) is 79.6 Å². The summed E-state index contributed by atoms with van der Waals surface area (Å²) in [5, 5.41) is 9.48. The monoisotopic (exact) mass is 255 g/mol. The number of rotatable bonds is 3. The van der Waals surface area contributed by atoms with Gasteiger partial charge in [0.05, 0.1) is 22.4 Å². The number of nitrogens with two attached hydrogens (primary N) is 1.